The van der Waals surface area contributed by atoms with E-state index >= 15 is 0 Å². The Morgan fingerprint density at radius 2 is 1.41 bits per heavy atom. The summed E-state index contributed by atoms with van der Waals surface area (Å²) in [6, 6.07) is 19.7. The molecule has 2 aliphatic rings. The van der Waals surface area contributed by atoms with Crippen LogP contribution in [-0.4, -0.2) is 22.6 Å². The second-order valence-corrected chi connectivity index (χ2v) is 9.90. The van der Waals surface area contributed by atoms with Crippen LogP contribution >= 0.6 is 7.14 Å². The third-order valence-corrected chi connectivity index (χ3v) is 8.79. The summed E-state index contributed by atoms with van der Waals surface area (Å²) in [7, 11) is -3.49. The van der Waals surface area contributed by atoms with Crippen molar-refractivity contribution >= 4 is 35.3 Å². The van der Waals surface area contributed by atoms with Crippen molar-refractivity contribution in [1.29, 1.82) is 0 Å². The summed E-state index contributed by atoms with van der Waals surface area (Å²) in [4.78, 5) is 27.2. The minimum absolute atomic E-state index is 0.0319. The number of fused-ring (bicyclic) bond motifs is 2. The molecule has 0 radical (unpaired) electrons. The van der Waals surface area contributed by atoms with E-state index in [2.05, 4.69) is 0 Å². The van der Waals surface area contributed by atoms with E-state index in [4.69, 9.17) is 4.74 Å². The molecule has 1 saturated heterocycles. The first-order valence-electron chi connectivity index (χ1n) is 9.13. The Labute approximate surface area is 166 Å². The number of imide groups is 1. The van der Waals surface area contributed by atoms with E-state index in [0.29, 0.717) is 27.8 Å². The Morgan fingerprint density at radius 3 is 2.00 bits per heavy atom. The quantitative estimate of drug-likeness (QED) is 0.523. The van der Waals surface area contributed by atoms with Gasteiger partial charge >= 0.3 is 0 Å². The average molecular weight is 405 g/mol. The highest BCUT2D eigenvalue weighted by atomic mass is 31.2. The summed E-state index contributed by atoms with van der Waals surface area (Å²) >= 11 is 0. The Balaban J connectivity index is 1.66. The van der Waals surface area contributed by atoms with Crippen molar-refractivity contribution < 1.29 is 24.0 Å². The number of para-hydroxylation sites is 2. The standard InChI is InChI=1S/C22H16NO5P/c24-15-11-9-14(10-12-15)23-21(25)13-20(22(23)26)29(27)18-7-3-1-5-16(18)28-17-6-2-4-8-19(17)29/h1-12,20,24H,13H2. The number of rotatable bonds is 2. The van der Waals surface area contributed by atoms with Crippen LogP contribution in [0.15, 0.2) is 72.8 Å². The van der Waals surface area contributed by atoms with Gasteiger partial charge in [0.1, 0.15) is 22.9 Å². The van der Waals surface area contributed by atoms with Crippen LogP contribution in [0.5, 0.6) is 17.2 Å². The van der Waals surface area contributed by atoms with E-state index in [9.17, 15) is 19.3 Å². The van der Waals surface area contributed by atoms with Gasteiger partial charge in [-0.15, -0.1) is 0 Å². The molecule has 0 spiro atoms. The van der Waals surface area contributed by atoms with Crippen molar-refractivity contribution in [3.05, 3.63) is 72.8 Å². The maximum Gasteiger partial charge on any atom is 0.245 e. The summed E-state index contributed by atoms with van der Waals surface area (Å²) < 4.78 is 20.5. The van der Waals surface area contributed by atoms with Gasteiger partial charge < -0.3 is 14.4 Å². The highest BCUT2D eigenvalue weighted by Crippen LogP contribution is 2.58. The first-order valence-corrected chi connectivity index (χ1v) is 10.9. The Bertz CT molecular complexity index is 1150. The molecule has 29 heavy (non-hydrogen) atoms. The molecule has 0 bridgehead atoms. The van der Waals surface area contributed by atoms with E-state index < -0.39 is 24.6 Å². The molecule has 2 heterocycles. The molecule has 1 atom stereocenters. The van der Waals surface area contributed by atoms with Gasteiger partial charge in [-0.3, -0.25) is 9.59 Å². The molecule has 0 aliphatic carbocycles. The van der Waals surface area contributed by atoms with E-state index in [1.165, 1.54) is 24.3 Å². The molecule has 144 valence electrons. The number of aromatic hydroxyl groups is 1. The molecule has 0 aromatic heterocycles. The Hall–Kier alpha value is -3.37. The molecule has 1 N–H and O–H groups in total. The fraction of sp³-hybridized carbons (Fsp3) is 0.0909. The van der Waals surface area contributed by atoms with Gasteiger partial charge in [-0.1, -0.05) is 24.3 Å². The van der Waals surface area contributed by atoms with Crippen molar-refractivity contribution in [2.45, 2.75) is 12.1 Å². The first kappa shape index (κ1) is 17.7. The molecule has 0 saturated carbocycles. The number of benzene rings is 3. The van der Waals surface area contributed by atoms with E-state index in [1.807, 2.05) is 0 Å². The number of amides is 2. The van der Waals surface area contributed by atoms with Crippen LogP contribution in [0.25, 0.3) is 0 Å². The number of hydrogen-bond acceptors (Lipinski definition) is 5. The van der Waals surface area contributed by atoms with Gasteiger partial charge in [-0.25, -0.2) is 4.90 Å². The van der Waals surface area contributed by atoms with Crippen LogP contribution < -0.4 is 20.2 Å². The number of hydrogen-bond donors (Lipinski definition) is 1. The second-order valence-electron chi connectivity index (χ2n) is 7.00. The minimum atomic E-state index is -3.49. The summed E-state index contributed by atoms with van der Waals surface area (Å²) in [6.45, 7) is 0. The van der Waals surface area contributed by atoms with Gasteiger partial charge in [-0.2, -0.15) is 0 Å². The summed E-state index contributed by atoms with van der Waals surface area (Å²) in [5.74, 6) is -0.00176. The lowest BCUT2D eigenvalue weighted by molar-refractivity contribution is -0.121. The summed E-state index contributed by atoms with van der Waals surface area (Å²) in [5, 5.41) is 10.4. The highest BCUT2D eigenvalue weighted by Gasteiger charge is 2.53. The Kier molecular flexibility index (Phi) is 3.86. The maximum atomic E-state index is 14.5. The van der Waals surface area contributed by atoms with E-state index in [0.717, 1.165) is 4.90 Å². The molecular weight excluding hydrogens is 389 g/mol. The SMILES string of the molecule is O=C1CC(P2(=O)c3ccccc3Oc3ccccc32)C(=O)N1c1ccc(O)cc1. The number of phenols is 1. The van der Waals surface area contributed by atoms with Gasteiger partial charge in [0, 0.05) is 6.42 Å². The van der Waals surface area contributed by atoms with Crippen molar-refractivity contribution in [3.8, 4) is 17.2 Å². The van der Waals surface area contributed by atoms with Crippen LogP contribution in [0.1, 0.15) is 6.42 Å². The van der Waals surface area contributed by atoms with Gasteiger partial charge in [0.15, 0.2) is 7.14 Å². The number of anilines is 1. The topological polar surface area (TPSA) is 83.9 Å². The molecule has 1 fully saturated rings. The third-order valence-electron chi connectivity index (χ3n) is 5.34. The number of carbonyl (C=O) groups is 2. The normalized spacial score (nSPS) is 19.4. The van der Waals surface area contributed by atoms with Crippen molar-refractivity contribution in [2.75, 3.05) is 4.90 Å². The molecule has 3 aromatic rings. The highest BCUT2D eigenvalue weighted by molar-refractivity contribution is 7.80. The minimum Gasteiger partial charge on any atom is -0.508 e. The number of ether oxygens (including phenoxy) is 1. The molecule has 2 amide bonds. The largest absolute Gasteiger partial charge is 0.508 e. The third kappa shape index (κ3) is 2.53. The molecule has 3 aromatic carbocycles. The van der Waals surface area contributed by atoms with E-state index in [-0.39, 0.29) is 12.2 Å². The smallest absolute Gasteiger partial charge is 0.245 e. The van der Waals surface area contributed by atoms with Gasteiger partial charge in [0.2, 0.25) is 11.8 Å². The average Bonchev–Trinajstić information content (AvgIpc) is 3.03. The van der Waals surface area contributed by atoms with Crippen LogP contribution in [0.4, 0.5) is 5.69 Å². The lowest BCUT2D eigenvalue weighted by Crippen LogP contribution is -2.37. The fourth-order valence-electron chi connectivity index (χ4n) is 3.99. The van der Waals surface area contributed by atoms with Crippen molar-refractivity contribution in [1.82, 2.24) is 0 Å². The zero-order valence-electron chi connectivity index (χ0n) is 15.2. The van der Waals surface area contributed by atoms with Crippen molar-refractivity contribution in [3.63, 3.8) is 0 Å². The Morgan fingerprint density at radius 1 is 0.862 bits per heavy atom. The second kappa shape index (κ2) is 6.33. The van der Waals surface area contributed by atoms with Crippen LogP contribution in [0, 0.1) is 0 Å². The van der Waals surface area contributed by atoms with Gasteiger partial charge in [0.25, 0.3) is 0 Å². The number of carbonyl (C=O) groups excluding carboxylic acids is 2. The predicted molar refractivity (Wildman–Crippen MR) is 109 cm³/mol. The summed E-state index contributed by atoms with van der Waals surface area (Å²) in [5.41, 5.74) is -0.656. The maximum absolute atomic E-state index is 14.5. The van der Waals surface area contributed by atoms with Crippen LogP contribution in [0.2, 0.25) is 0 Å². The van der Waals surface area contributed by atoms with Gasteiger partial charge in [0.05, 0.1) is 16.3 Å². The molecule has 7 heteroatoms. The number of nitrogens with zero attached hydrogens (tertiary/aromatic N) is 1. The first-order chi connectivity index (χ1) is 14.0. The molecule has 5 rings (SSSR count). The van der Waals surface area contributed by atoms with Crippen LogP contribution in [0.3, 0.4) is 0 Å². The summed E-state index contributed by atoms with van der Waals surface area (Å²) in [6.07, 6.45) is -0.153. The van der Waals surface area contributed by atoms with E-state index in [1.54, 1.807) is 48.5 Å². The predicted octanol–water partition coefficient (Wildman–Crippen LogP) is 3.14. The molecule has 2 aliphatic heterocycles. The lowest BCUT2D eigenvalue weighted by Gasteiger charge is -2.31. The monoisotopic (exact) mass is 405 g/mol. The lowest BCUT2D eigenvalue weighted by atomic mass is 10.3. The zero-order valence-corrected chi connectivity index (χ0v) is 16.1. The van der Waals surface area contributed by atoms with Crippen LogP contribution in [-0.2, 0) is 14.2 Å². The van der Waals surface area contributed by atoms with Crippen molar-refractivity contribution in [2.24, 2.45) is 0 Å². The fourth-order valence-corrected chi connectivity index (χ4v) is 7.27. The molecular formula is C22H16NO5P. The molecule has 6 nitrogen and oxygen atoms in total. The zero-order chi connectivity index (χ0) is 20.2. The number of phenolic OH excluding ortho intramolecular Hbond substituents is 1. The van der Waals surface area contributed by atoms with Gasteiger partial charge in [-0.05, 0) is 48.5 Å². The molecule has 1 unspecified atom stereocenters.